The summed E-state index contributed by atoms with van der Waals surface area (Å²) in [5.74, 6) is 1.93. The molecule has 8 aromatic carbocycles. The number of fused-ring (bicyclic) bond motifs is 4. The lowest BCUT2D eigenvalue weighted by atomic mass is 9.89. The summed E-state index contributed by atoms with van der Waals surface area (Å²) in [6.45, 7) is 0. The zero-order chi connectivity index (χ0) is 35.8. The van der Waals surface area contributed by atoms with Gasteiger partial charge in [0.2, 0.25) is 0 Å². The molecule has 54 heavy (non-hydrogen) atoms. The van der Waals surface area contributed by atoms with Gasteiger partial charge in [-0.05, 0) is 44.5 Å². The third-order valence-electron chi connectivity index (χ3n) is 10.1. The topological polar surface area (TPSA) is 51.6 Å². The summed E-state index contributed by atoms with van der Waals surface area (Å²) in [4.78, 5) is 19.9. The van der Waals surface area contributed by atoms with Crippen molar-refractivity contribution in [3.63, 3.8) is 0 Å². The molecule has 2 aromatic heterocycles. The minimum atomic E-state index is 0.637. The summed E-state index contributed by atoms with van der Waals surface area (Å²) in [5, 5.41) is 5.94. The maximum Gasteiger partial charge on any atom is 0.164 e. The molecule has 0 aliphatic carbocycles. The largest absolute Gasteiger partial charge is 0.247 e. The fourth-order valence-electron chi connectivity index (χ4n) is 7.48. The molecular weight excluding hydrogens is 657 g/mol. The van der Waals surface area contributed by atoms with Gasteiger partial charge in [0.05, 0.1) is 11.2 Å². The van der Waals surface area contributed by atoms with E-state index in [-0.39, 0.29) is 0 Å². The van der Waals surface area contributed by atoms with E-state index in [9.17, 15) is 0 Å². The molecule has 0 radical (unpaired) electrons. The van der Waals surface area contributed by atoms with Crippen molar-refractivity contribution in [3.05, 3.63) is 194 Å². The number of rotatable bonds is 6. The number of benzene rings is 8. The fourth-order valence-corrected chi connectivity index (χ4v) is 7.48. The third-order valence-corrected chi connectivity index (χ3v) is 10.1. The summed E-state index contributed by atoms with van der Waals surface area (Å²) in [5.41, 5.74) is 10.5. The number of aromatic nitrogens is 4. The summed E-state index contributed by atoms with van der Waals surface area (Å²) in [7, 11) is 0. The molecule has 0 spiro atoms. The van der Waals surface area contributed by atoms with Crippen molar-refractivity contribution in [3.8, 4) is 67.7 Å². The molecule has 4 nitrogen and oxygen atoms in total. The first-order chi connectivity index (χ1) is 26.8. The van der Waals surface area contributed by atoms with Crippen molar-refractivity contribution in [1.82, 2.24) is 19.9 Å². The van der Waals surface area contributed by atoms with Crippen LogP contribution in [0.15, 0.2) is 194 Å². The molecule has 0 atom stereocenters. The summed E-state index contributed by atoms with van der Waals surface area (Å²) in [6.07, 6.45) is 0. The second-order valence-corrected chi connectivity index (χ2v) is 13.4. The monoisotopic (exact) mass is 688 g/mol. The molecule has 0 aliphatic rings. The number of para-hydroxylation sites is 1. The average molecular weight is 689 g/mol. The van der Waals surface area contributed by atoms with Crippen LogP contribution >= 0.6 is 0 Å². The molecule has 0 unspecified atom stereocenters. The van der Waals surface area contributed by atoms with E-state index in [4.69, 9.17) is 19.9 Å². The lowest BCUT2D eigenvalue weighted by molar-refractivity contribution is 1.07. The fraction of sp³-hybridized carbons (Fsp3) is 0. The molecule has 0 saturated heterocycles. The third kappa shape index (κ3) is 5.67. The van der Waals surface area contributed by atoms with Crippen molar-refractivity contribution in [2.45, 2.75) is 0 Å². The molecule has 10 aromatic rings. The van der Waals surface area contributed by atoms with E-state index < -0.39 is 0 Å². The molecule has 0 bridgehead atoms. The molecule has 2 heterocycles. The number of hydrogen-bond donors (Lipinski definition) is 0. The van der Waals surface area contributed by atoms with E-state index in [0.717, 1.165) is 55.5 Å². The second kappa shape index (κ2) is 13.4. The Hall–Kier alpha value is -7.30. The Balaban J connectivity index is 1.06. The zero-order valence-corrected chi connectivity index (χ0v) is 29.3. The van der Waals surface area contributed by atoms with Crippen LogP contribution in [0.5, 0.6) is 0 Å². The van der Waals surface area contributed by atoms with Gasteiger partial charge < -0.3 is 0 Å². The average Bonchev–Trinajstić information content (AvgIpc) is 3.26. The van der Waals surface area contributed by atoms with Crippen molar-refractivity contribution in [2.75, 3.05) is 0 Å². The molecule has 0 N–H and O–H groups in total. The Morgan fingerprint density at radius 1 is 0.259 bits per heavy atom. The first kappa shape index (κ1) is 31.4. The second-order valence-electron chi connectivity index (χ2n) is 13.4. The standard InChI is InChI=1S/C50H32N4/c1-3-14-37(15-4-1)48-52-49(38-16-5-2-6-17-38)54-50(53-48)39-29-23-34(24-30-39)41-32-31-33-13-7-8-18-40(33)46(41)35-25-27-36(28-26-35)47-44-21-10-9-19-42(44)43-20-11-12-22-45(43)51-47/h1-32H. The first-order valence-electron chi connectivity index (χ1n) is 18.1. The van der Waals surface area contributed by atoms with E-state index in [1.807, 2.05) is 60.7 Å². The van der Waals surface area contributed by atoms with Gasteiger partial charge in [-0.25, -0.2) is 19.9 Å². The summed E-state index contributed by atoms with van der Waals surface area (Å²) in [6, 6.07) is 67.7. The highest BCUT2D eigenvalue weighted by molar-refractivity contribution is 6.11. The predicted octanol–water partition coefficient (Wildman–Crippen LogP) is 12.7. The highest BCUT2D eigenvalue weighted by Crippen LogP contribution is 2.40. The molecule has 0 amide bonds. The Bertz CT molecular complexity index is 2900. The van der Waals surface area contributed by atoms with Gasteiger partial charge in [0.1, 0.15) is 0 Å². The Labute approximate surface area is 313 Å². The Kier molecular flexibility index (Phi) is 7.77. The molecule has 252 valence electrons. The van der Waals surface area contributed by atoms with E-state index in [2.05, 4.69) is 133 Å². The van der Waals surface area contributed by atoms with Gasteiger partial charge >= 0.3 is 0 Å². The lowest BCUT2D eigenvalue weighted by Gasteiger charge is -2.16. The maximum absolute atomic E-state index is 5.16. The van der Waals surface area contributed by atoms with Crippen LogP contribution in [0, 0.1) is 0 Å². The lowest BCUT2D eigenvalue weighted by Crippen LogP contribution is -2.00. The number of hydrogen-bond acceptors (Lipinski definition) is 4. The number of nitrogens with zero attached hydrogens (tertiary/aromatic N) is 4. The molecular formula is C50H32N4. The minimum absolute atomic E-state index is 0.637. The molecule has 0 saturated carbocycles. The smallest absolute Gasteiger partial charge is 0.164 e. The Morgan fingerprint density at radius 3 is 1.37 bits per heavy atom. The first-order valence-corrected chi connectivity index (χ1v) is 18.1. The van der Waals surface area contributed by atoms with Gasteiger partial charge in [-0.1, -0.05) is 188 Å². The SMILES string of the molecule is c1ccc(-c2nc(-c3ccccc3)nc(-c3ccc(-c4ccc5ccccc5c4-c4ccc(-c5nc6ccccc6c6ccccc56)cc4)cc3)n2)cc1. The van der Waals surface area contributed by atoms with E-state index >= 15 is 0 Å². The van der Waals surface area contributed by atoms with Crippen LogP contribution in [0.4, 0.5) is 0 Å². The van der Waals surface area contributed by atoms with Gasteiger partial charge in [-0.15, -0.1) is 0 Å². The van der Waals surface area contributed by atoms with Gasteiger partial charge in [0.15, 0.2) is 17.5 Å². The normalized spacial score (nSPS) is 11.3. The van der Waals surface area contributed by atoms with Crippen LogP contribution in [0.1, 0.15) is 0 Å². The maximum atomic E-state index is 5.16. The molecule has 10 rings (SSSR count). The van der Waals surface area contributed by atoms with Crippen molar-refractivity contribution < 1.29 is 0 Å². The van der Waals surface area contributed by atoms with Crippen LogP contribution in [-0.4, -0.2) is 19.9 Å². The van der Waals surface area contributed by atoms with Crippen LogP contribution in [0.25, 0.3) is 100 Å². The van der Waals surface area contributed by atoms with E-state index in [0.29, 0.717) is 17.5 Å². The van der Waals surface area contributed by atoms with Gasteiger partial charge in [0, 0.05) is 33.0 Å². The molecule has 0 aliphatic heterocycles. The highest BCUT2D eigenvalue weighted by Gasteiger charge is 2.16. The van der Waals surface area contributed by atoms with Gasteiger partial charge in [-0.3, -0.25) is 0 Å². The van der Waals surface area contributed by atoms with Crippen LogP contribution in [-0.2, 0) is 0 Å². The predicted molar refractivity (Wildman–Crippen MR) is 223 cm³/mol. The van der Waals surface area contributed by atoms with Crippen molar-refractivity contribution >= 4 is 32.4 Å². The van der Waals surface area contributed by atoms with E-state index in [1.165, 1.54) is 27.1 Å². The summed E-state index contributed by atoms with van der Waals surface area (Å²) >= 11 is 0. The van der Waals surface area contributed by atoms with Crippen LogP contribution in [0.2, 0.25) is 0 Å². The minimum Gasteiger partial charge on any atom is -0.247 e. The Morgan fingerprint density at radius 2 is 0.722 bits per heavy atom. The molecule has 0 fully saturated rings. The quantitative estimate of drug-likeness (QED) is 0.163. The highest BCUT2D eigenvalue weighted by atomic mass is 15.0. The van der Waals surface area contributed by atoms with Gasteiger partial charge in [0.25, 0.3) is 0 Å². The van der Waals surface area contributed by atoms with Crippen molar-refractivity contribution in [1.29, 1.82) is 0 Å². The number of pyridine rings is 1. The summed E-state index contributed by atoms with van der Waals surface area (Å²) < 4.78 is 0. The van der Waals surface area contributed by atoms with E-state index in [1.54, 1.807) is 0 Å². The van der Waals surface area contributed by atoms with Crippen molar-refractivity contribution in [2.24, 2.45) is 0 Å². The van der Waals surface area contributed by atoms with Crippen LogP contribution in [0.3, 0.4) is 0 Å². The zero-order valence-electron chi connectivity index (χ0n) is 29.3. The van der Waals surface area contributed by atoms with Crippen LogP contribution < -0.4 is 0 Å². The van der Waals surface area contributed by atoms with Gasteiger partial charge in [-0.2, -0.15) is 0 Å². The molecule has 4 heteroatoms.